The van der Waals surface area contributed by atoms with Crippen LogP contribution in [0, 0.1) is 0 Å². The number of hydrogen-bond donors (Lipinski definition) is 1. The molecule has 0 aliphatic heterocycles. The minimum absolute atomic E-state index is 0.250. The minimum Gasteiger partial charge on any atom is -0.373 e. The minimum atomic E-state index is -0.396. The van der Waals surface area contributed by atoms with E-state index in [1.807, 2.05) is 17.5 Å². The van der Waals surface area contributed by atoms with Crippen molar-refractivity contribution in [1.29, 1.82) is 0 Å². The second-order valence-corrected chi connectivity index (χ2v) is 3.15. The van der Waals surface area contributed by atoms with Crippen LogP contribution in [0.3, 0.4) is 0 Å². The SMILES string of the molecule is CC(C(=O)ON)c1cccs1. The van der Waals surface area contributed by atoms with E-state index < -0.39 is 5.97 Å². The summed E-state index contributed by atoms with van der Waals surface area (Å²) in [7, 11) is 0. The van der Waals surface area contributed by atoms with Gasteiger partial charge in [0, 0.05) is 4.88 Å². The summed E-state index contributed by atoms with van der Waals surface area (Å²) >= 11 is 1.52. The van der Waals surface area contributed by atoms with E-state index in [4.69, 9.17) is 5.90 Å². The smallest absolute Gasteiger partial charge is 0.332 e. The first-order valence-electron chi connectivity index (χ1n) is 3.19. The van der Waals surface area contributed by atoms with E-state index in [1.54, 1.807) is 6.92 Å². The van der Waals surface area contributed by atoms with Gasteiger partial charge in [-0.25, -0.2) is 4.79 Å². The zero-order valence-corrected chi connectivity index (χ0v) is 6.93. The number of thiophene rings is 1. The highest BCUT2D eigenvalue weighted by Crippen LogP contribution is 2.20. The fourth-order valence-corrected chi connectivity index (χ4v) is 1.53. The molecule has 1 unspecified atom stereocenters. The Morgan fingerprint density at radius 1 is 1.82 bits per heavy atom. The number of hydrogen-bond acceptors (Lipinski definition) is 4. The van der Waals surface area contributed by atoms with E-state index in [0.29, 0.717) is 0 Å². The predicted molar refractivity (Wildman–Crippen MR) is 43.0 cm³/mol. The first-order chi connectivity index (χ1) is 5.25. The molecule has 1 heterocycles. The van der Waals surface area contributed by atoms with Crippen molar-refractivity contribution in [2.75, 3.05) is 0 Å². The molecule has 0 spiro atoms. The lowest BCUT2D eigenvalue weighted by molar-refractivity contribution is -0.145. The summed E-state index contributed by atoms with van der Waals surface area (Å²) in [4.78, 5) is 15.9. The highest BCUT2D eigenvalue weighted by molar-refractivity contribution is 7.10. The number of carbonyl (C=O) groups excluding carboxylic acids is 1. The summed E-state index contributed by atoms with van der Waals surface area (Å²) < 4.78 is 0. The van der Waals surface area contributed by atoms with Gasteiger partial charge in [-0.15, -0.1) is 11.3 Å². The largest absolute Gasteiger partial charge is 0.373 e. The zero-order valence-electron chi connectivity index (χ0n) is 6.11. The normalized spacial score (nSPS) is 12.5. The third kappa shape index (κ3) is 1.78. The fraction of sp³-hybridized carbons (Fsp3) is 0.286. The van der Waals surface area contributed by atoms with Crippen LogP contribution >= 0.6 is 11.3 Å². The van der Waals surface area contributed by atoms with Crippen LogP contribution in [0.15, 0.2) is 17.5 Å². The van der Waals surface area contributed by atoms with E-state index in [2.05, 4.69) is 4.84 Å². The summed E-state index contributed by atoms with van der Waals surface area (Å²) in [5, 5.41) is 1.91. The van der Waals surface area contributed by atoms with Crippen molar-refractivity contribution in [2.24, 2.45) is 5.90 Å². The summed E-state index contributed by atoms with van der Waals surface area (Å²) in [6, 6.07) is 3.77. The Morgan fingerprint density at radius 3 is 3.00 bits per heavy atom. The van der Waals surface area contributed by atoms with Crippen LogP contribution in [0.25, 0.3) is 0 Å². The Labute approximate surface area is 68.7 Å². The van der Waals surface area contributed by atoms with Crippen LogP contribution in [0.2, 0.25) is 0 Å². The molecule has 0 aliphatic rings. The lowest BCUT2D eigenvalue weighted by Crippen LogP contribution is -2.15. The topological polar surface area (TPSA) is 52.3 Å². The van der Waals surface area contributed by atoms with Crippen molar-refractivity contribution in [3.8, 4) is 0 Å². The number of rotatable bonds is 2. The van der Waals surface area contributed by atoms with Crippen molar-refractivity contribution < 1.29 is 9.63 Å². The average Bonchev–Trinajstić information content (AvgIpc) is 2.53. The van der Waals surface area contributed by atoms with Crippen molar-refractivity contribution in [3.05, 3.63) is 22.4 Å². The van der Waals surface area contributed by atoms with E-state index in [9.17, 15) is 4.79 Å². The Bertz CT molecular complexity index is 233. The standard InChI is InChI=1S/C7H9NO2S/c1-5(7(9)10-8)6-3-2-4-11-6/h2-5H,8H2,1H3. The molecule has 1 aromatic heterocycles. The van der Waals surface area contributed by atoms with Crippen LogP contribution in [-0.2, 0) is 9.63 Å². The van der Waals surface area contributed by atoms with Crippen molar-refractivity contribution >= 4 is 17.3 Å². The quantitative estimate of drug-likeness (QED) is 0.682. The first-order valence-corrected chi connectivity index (χ1v) is 4.07. The molecule has 0 aromatic carbocycles. The van der Waals surface area contributed by atoms with Crippen molar-refractivity contribution in [3.63, 3.8) is 0 Å². The zero-order chi connectivity index (χ0) is 8.27. The highest BCUT2D eigenvalue weighted by Gasteiger charge is 2.16. The Kier molecular flexibility index (Phi) is 2.62. The van der Waals surface area contributed by atoms with Gasteiger partial charge in [-0.05, 0) is 18.4 Å². The molecule has 60 valence electrons. The van der Waals surface area contributed by atoms with E-state index >= 15 is 0 Å². The molecule has 1 aromatic rings. The van der Waals surface area contributed by atoms with E-state index in [0.717, 1.165) is 4.88 Å². The average molecular weight is 171 g/mol. The van der Waals surface area contributed by atoms with Gasteiger partial charge in [0.2, 0.25) is 0 Å². The van der Waals surface area contributed by atoms with Crippen LogP contribution in [-0.4, -0.2) is 5.97 Å². The van der Waals surface area contributed by atoms with Gasteiger partial charge in [0.25, 0.3) is 0 Å². The Balaban J connectivity index is 2.70. The summed E-state index contributed by atoms with van der Waals surface area (Å²) in [5.41, 5.74) is 0. The predicted octanol–water partition coefficient (Wildman–Crippen LogP) is 1.27. The molecule has 0 bridgehead atoms. The second kappa shape index (κ2) is 3.50. The molecule has 0 fully saturated rings. The van der Waals surface area contributed by atoms with Gasteiger partial charge in [-0.2, -0.15) is 5.90 Å². The molecule has 0 saturated carbocycles. The molecule has 0 amide bonds. The van der Waals surface area contributed by atoms with E-state index in [-0.39, 0.29) is 5.92 Å². The van der Waals surface area contributed by atoms with Gasteiger partial charge < -0.3 is 4.84 Å². The number of carbonyl (C=O) groups is 1. The second-order valence-electron chi connectivity index (χ2n) is 2.17. The maximum atomic E-state index is 10.9. The van der Waals surface area contributed by atoms with Crippen LogP contribution in [0.1, 0.15) is 17.7 Å². The van der Waals surface area contributed by atoms with Crippen LogP contribution in [0.5, 0.6) is 0 Å². The fourth-order valence-electron chi connectivity index (χ4n) is 0.756. The monoisotopic (exact) mass is 171 g/mol. The van der Waals surface area contributed by atoms with Crippen molar-refractivity contribution in [2.45, 2.75) is 12.8 Å². The maximum absolute atomic E-state index is 10.9. The molecular weight excluding hydrogens is 162 g/mol. The molecule has 2 N–H and O–H groups in total. The number of nitrogens with two attached hydrogens (primary N) is 1. The van der Waals surface area contributed by atoms with Gasteiger partial charge in [0.1, 0.15) is 0 Å². The van der Waals surface area contributed by atoms with Crippen LogP contribution < -0.4 is 5.90 Å². The van der Waals surface area contributed by atoms with Gasteiger partial charge in [0.15, 0.2) is 0 Å². The van der Waals surface area contributed by atoms with E-state index in [1.165, 1.54) is 11.3 Å². The molecule has 0 aliphatic carbocycles. The van der Waals surface area contributed by atoms with Crippen LogP contribution in [0.4, 0.5) is 0 Å². The first kappa shape index (κ1) is 8.23. The Hall–Kier alpha value is -0.870. The molecule has 1 rings (SSSR count). The summed E-state index contributed by atoms with van der Waals surface area (Å²) in [6.07, 6.45) is 0. The molecule has 3 nitrogen and oxygen atoms in total. The Morgan fingerprint density at radius 2 is 2.55 bits per heavy atom. The molecule has 0 radical (unpaired) electrons. The lowest BCUT2D eigenvalue weighted by atomic mass is 10.1. The highest BCUT2D eigenvalue weighted by atomic mass is 32.1. The summed E-state index contributed by atoms with van der Waals surface area (Å²) in [6.45, 7) is 1.76. The molecule has 4 heteroatoms. The third-order valence-electron chi connectivity index (χ3n) is 1.44. The van der Waals surface area contributed by atoms with Gasteiger partial charge in [0.05, 0.1) is 5.92 Å². The molecule has 1 atom stereocenters. The molecule has 0 saturated heterocycles. The van der Waals surface area contributed by atoms with Gasteiger partial charge in [-0.1, -0.05) is 6.07 Å². The third-order valence-corrected chi connectivity index (χ3v) is 2.49. The molecular formula is C7H9NO2S. The van der Waals surface area contributed by atoms with Crippen molar-refractivity contribution in [1.82, 2.24) is 0 Å². The summed E-state index contributed by atoms with van der Waals surface area (Å²) in [5.74, 6) is 4.09. The maximum Gasteiger partial charge on any atom is 0.332 e. The lowest BCUT2D eigenvalue weighted by Gasteiger charge is -2.03. The van der Waals surface area contributed by atoms with Gasteiger partial charge in [-0.3, -0.25) is 0 Å². The van der Waals surface area contributed by atoms with Gasteiger partial charge >= 0.3 is 5.97 Å². The molecule has 11 heavy (non-hydrogen) atoms.